The molecule has 27 heavy (non-hydrogen) atoms. The molecule has 1 amide bonds. The van der Waals surface area contributed by atoms with E-state index in [4.69, 9.17) is 11.5 Å². The summed E-state index contributed by atoms with van der Waals surface area (Å²) in [6, 6.07) is 22.0. The van der Waals surface area contributed by atoms with Crippen molar-refractivity contribution in [2.45, 2.75) is 12.8 Å². The number of carbonyl (C=O) groups is 1. The standard InChI is InChI=1S/C22H20N4O/c23-21-19-9-8-16(13-20(19)25-26-21)17-10-15(11-18(12-17)22(24)27)7-6-14-4-2-1-3-5-14/h1-5,8-13H,6-7H2,(H2,24,27)(H3,23,25,26). The number of fused-ring (bicyclic) bond motifs is 1. The first-order valence-electron chi connectivity index (χ1n) is 8.82. The van der Waals surface area contributed by atoms with Crippen LogP contribution in [0.5, 0.6) is 0 Å². The molecule has 1 heterocycles. The molecule has 0 fully saturated rings. The highest BCUT2D eigenvalue weighted by Crippen LogP contribution is 2.28. The summed E-state index contributed by atoms with van der Waals surface area (Å²) in [7, 11) is 0. The van der Waals surface area contributed by atoms with Crippen molar-refractivity contribution in [2.24, 2.45) is 5.73 Å². The maximum atomic E-state index is 11.8. The zero-order valence-corrected chi connectivity index (χ0v) is 14.8. The molecule has 4 rings (SSSR count). The molecule has 0 radical (unpaired) electrons. The van der Waals surface area contributed by atoms with Gasteiger partial charge < -0.3 is 11.5 Å². The molecule has 0 bridgehead atoms. The molecule has 0 atom stereocenters. The van der Waals surface area contributed by atoms with E-state index in [0.29, 0.717) is 11.4 Å². The monoisotopic (exact) mass is 356 g/mol. The van der Waals surface area contributed by atoms with E-state index in [9.17, 15) is 4.79 Å². The van der Waals surface area contributed by atoms with Gasteiger partial charge in [0, 0.05) is 10.9 Å². The van der Waals surface area contributed by atoms with Gasteiger partial charge >= 0.3 is 0 Å². The number of nitrogens with two attached hydrogens (primary N) is 2. The Hall–Kier alpha value is -3.60. The highest BCUT2D eigenvalue weighted by atomic mass is 16.1. The second kappa shape index (κ2) is 6.96. The van der Waals surface area contributed by atoms with Gasteiger partial charge in [-0.25, -0.2) is 0 Å². The average Bonchev–Trinajstić information content (AvgIpc) is 3.07. The Kier molecular flexibility index (Phi) is 4.34. The minimum atomic E-state index is -0.426. The number of hydrogen-bond acceptors (Lipinski definition) is 3. The first-order chi connectivity index (χ1) is 13.1. The number of nitrogen functional groups attached to an aromatic ring is 1. The Bertz CT molecular complexity index is 1120. The molecule has 5 heteroatoms. The fraction of sp³-hybridized carbons (Fsp3) is 0.0909. The van der Waals surface area contributed by atoms with Gasteiger partial charge in [-0.3, -0.25) is 9.89 Å². The van der Waals surface area contributed by atoms with Gasteiger partial charge in [0.1, 0.15) is 0 Å². The summed E-state index contributed by atoms with van der Waals surface area (Å²) in [6.07, 6.45) is 1.73. The third-order valence-electron chi connectivity index (χ3n) is 4.75. The minimum absolute atomic E-state index is 0.426. The Labute approximate surface area is 157 Å². The molecule has 0 aliphatic rings. The fourth-order valence-electron chi connectivity index (χ4n) is 3.30. The van der Waals surface area contributed by atoms with Gasteiger partial charge in [-0.15, -0.1) is 0 Å². The quantitative estimate of drug-likeness (QED) is 0.508. The molecule has 4 aromatic rings. The topological polar surface area (TPSA) is 97.8 Å². The second-order valence-electron chi connectivity index (χ2n) is 6.64. The van der Waals surface area contributed by atoms with E-state index >= 15 is 0 Å². The van der Waals surface area contributed by atoms with E-state index in [1.54, 1.807) is 0 Å². The third kappa shape index (κ3) is 3.53. The molecule has 0 unspecified atom stereocenters. The van der Waals surface area contributed by atoms with Crippen LogP contribution in [0.4, 0.5) is 5.82 Å². The highest BCUT2D eigenvalue weighted by molar-refractivity contribution is 5.96. The third-order valence-corrected chi connectivity index (χ3v) is 4.75. The molecule has 1 aromatic heterocycles. The summed E-state index contributed by atoms with van der Waals surface area (Å²) < 4.78 is 0. The van der Waals surface area contributed by atoms with Crippen molar-refractivity contribution < 1.29 is 4.79 Å². The zero-order valence-electron chi connectivity index (χ0n) is 14.8. The molecule has 5 N–H and O–H groups in total. The summed E-state index contributed by atoms with van der Waals surface area (Å²) in [4.78, 5) is 11.8. The number of aromatic amines is 1. The minimum Gasteiger partial charge on any atom is -0.382 e. The molecular weight excluding hydrogens is 336 g/mol. The normalized spacial score (nSPS) is 11.0. The van der Waals surface area contributed by atoms with Crippen molar-refractivity contribution in [3.63, 3.8) is 0 Å². The van der Waals surface area contributed by atoms with E-state index < -0.39 is 5.91 Å². The van der Waals surface area contributed by atoms with Crippen molar-refractivity contribution in [1.29, 1.82) is 0 Å². The Morgan fingerprint density at radius 2 is 1.67 bits per heavy atom. The number of nitrogens with one attached hydrogen (secondary N) is 1. The molecule has 134 valence electrons. The maximum absolute atomic E-state index is 11.8. The number of aromatic nitrogens is 2. The summed E-state index contributed by atoms with van der Waals surface area (Å²) >= 11 is 0. The molecule has 0 saturated carbocycles. The van der Waals surface area contributed by atoms with E-state index in [-0.39, 0.29) is 0 Å². The summed E-state index contributed by atoms with van der Waals surface area (Å²) in [5.74, 6) is 0.0515. The van der Waals surface area contributed by atoms with Gasteiger partial charge in [-0.1, -0.05) is 42.5 Å². The zero-order chi connectivity index (χ0) is 18.8. The number of benzene rings is 3. The van der Waals surface area contributed by atoms with Gasteiger partial charge in [0.05, 0.1) is 5.52 Å². The lowest BCUT2D eigenvalue weighted by Gasteiger charge is -2.09. The van der Waals surface area contributed by atoms with Crippen LogP contribution in [0, 0.1) is 0 Å². The van der Waals surface area contributed by atoms with Crippen LogP contribution in [0.15, 0.2) is 66.7 Å². The first-order valence-corrected chi connectivity index (χ1v) is 8.82. The molecular formula is C22H20N4O. The largest absolute Gasteiger partial charge is 0.382 e. The second-order valence-corrected chi connectivity index (χ2v) is 6.64. The SMILES string of the molecule is NC(=O)c1cc(CCc2ccccc2)cc(-c2ccc3c(N)n[nH]c3c2)c1. The number of carbonyl (C=O) groups excluding carboxylic acids is 1. The van der Waals surface area contributed by atoms with Crippen LogP contribution in [0.3, 0.4) is 0 Å². The number of aryl methyl sites for hydroxylation is 2. The van der Waals surface area contributed by atoms with Crippen molar-refractivity contribution in [3.8, 4) is 11.1 Å². The van der Waals surface area contributed by atoms with Crippen LogP contribution >= 0.6 is 0 Å². The van der Waals surface area contributed by atoms with Crippen molar-refractivity contribution in [3.05, 3.63) is 83.4 Å². The predicted molar refractivity (Wildman–Crippen MR) is 108 cm³/mol. The Balaban J connectivity index is 1.70. The number of nitrogens with zero attached hydrogens (tertiary/aromatic N) is 1. The van der Waals surface area contributed by atoms with Crippen molar-refractivity contribution in [1.82, 2.24) is 10.2 Å². The summed E-state index contributed by atoms with van der Waals surface area (Å²) in [5.41, 5.74) is 17.0. The smallest absolute Gasteiger partial charge is 0.248 e. The van der Waals surface area contributed by atoms with Crippen LogP contribution in [0.1, 0.15) is 21.5 Å². The van der Waals surface area contributed by atoms with Gasteiger partial charge in [-0.2, -0.15) is 5.10 Å². The van der Waals surface area contributed by atoms with Crippen LogP contribution in [0.25, 0.3) is 22.0 Å². The van der Waals surface area contributed by atoms with Crippen LogP contribution in [-0.2, 0) is 12.8 Å². The molecule has 5 nitrogen and oxygen atoms in total. The first kappa shape index (κ1) is 16.8. The molecule has 0 aliphatic heterocycles. The summed E-state index contributed by atoms with van der Waals surface area (Å²) in [5, 5.41) is 7.85. The van der Waals surface area contributed by atoms with Gasteiger partial charge in [0.25, 0.3) is 0 Å². The highest BCUT2D eigenvalue weighted by Gasteiger charge is 2.10. The van der Waals surface area contributed by atoms with E-state index in [1.807, 2.05) is 48.5 Å². The van der Waals surface area contributed by atoms with E-state index in [2.05, 4.69) is 28.4 Å². The number of H-pyrrole nitrogens is 1. The number of anilines is 1. The van der Waals surface area contributed by atoms with Crippen LogP contribution in [-0.4, -0.2) is 16.1 Å². The lowest BCUT2D eigenvalue weighted by atomic mass is 9.96. The number of primary amides is 1. The number of hydrogen-bond donors (Lipinski definition) is 3. The van der Waals surface area contributed by atoms with E-state index in [0.717, 1.165) is 40.4 Å². The van der Waals surface area contributed by atoms with Crippen molar-refractivity contribution in [2.75, 3.05) is 5.73 Å². The van der Waals surface area contributed by atoms with E-state index in [1.165, 1.54) is 5.56 Å². The lowest BCUT2D eigenvalue weighted by molar-refractivity contribution is 0.1000. The van der Waals surface area contributed by atoms with Gasteiger partial charge in [0.2, 0.25) is 5.91 Å². The fourth-order valence-corrected chi connectivity index (χ4v) is 3.30. The Morgan fingerprint density at radius 3 is 2.44 bits per heavy atom. The Morgan fingerprint density at radius 1 is 0.889 bits per heavy atom. The summed E-state index contributed by atoms with van der Waals surface area (Å²) in [6.45, 7) is 0. The number of rotatable bonds is 5. The van der Waals surface area contributed by atoms with Crippen molar-refractivity contribution >= 4 is 22.6 Å². The number of amides is 1. The molecule has 0 aliphatic carbocycles. The maximum Gasteiger partial charge on any atom is 0.248 e. The van der Waals surface area contributed by atoms with Gasteiger partial charge in [-0.05, 0) is 59.4 Å². The van der Waals surface area contributed by atoms with Crippen LogP contribution < -0.4 is 11.5 Å². The van der Waals surface area contributed by atoms with Crippen LogP contribution in [0.2, 0.25) is 0 Å². The average molecular weight is 356 g/mol. The molecule has 0 saturated heterocycles. The molecule has 3 aromatic carbocycles. The molecule has 0 spiro atoms. The van der Waals surface area contributed by atoms with Gasteiger partial charge in [0.15, 0.2) is 5.82 Å². The predicted octanol–water partition coefficient (Wildman–Crippen LogP) is 3.70. The lowest BCUT2D eigenvalue weighted by Crippen LogP contribution is -2.11.